The predicted molar refractivity (Wildman–Crippen MR) is 362 cm³/mol. The van der Waals surface area contributed by atoms with Crippen molar-refractivity contribution in [3.63, 3.8) is 0 Å². The third kappa shape index (κ3) is 43.2. The summed E-state index contributed by atoms with van der Waals surface area (Å²) in [7, 11) is 0. The average molecular weight is 1260 g/mol. The van der Waals surface area contributed by atoms with E-state index in [0.717, 1.165) is 37.7 Å². The van der Waals surface area contributed by atoms with Crippen LogP contribution in [-0.2, 0) is 11.3 Å². The van der Waals surface area contributed by atoms with Crippen molar-refractivity contribution in [3.8, 4) is 0 Å². The highest BCUT2D eigenvalue weighted by molar-refractivity contribution is 5.86. The second-order valence-corrected chi connectivity index (χ2v) is 23.8. The summed E-state index contributed by atoms with van der Waals surface area (Å²) in [5.41, 5.74) is 12.0. The standard InChI is InChI=1S/C72H114N4O14/c1-6-56(35-30-42-75-72(73)74)43-62(81)48-65(84)49-64(83)46-60(79)38-28-36-58(77)44-63(82)45-59(78)37-29-39-61(80)47-66(85)50-67(76-51-57-33-24-21-25-34-57)54(4)68(86)40-26-19-15-10-8-7-9-11-16-20-27-41-69(87)55(5)70(88)52(2)31-22-17-13-12-14-18-23-32-53(3)71(89)90/h7-12,14-16,18-29,31-34,36,39,41,52,54-56,58-70,76-88H,6,13,17,30,35,37-38,40,42-51H2,1-5H3,(H,89,90)(H4,73,74,75)/b8-7+,11-9+,14-12+,15-10+,20-16+,23-18+,26-19+,31-22+,36-28+,39-29+,41-27+,53-32+. The van der Waals surface area contributed by atoms with Gasteiger partial charge >= 0.3 is 5.97 Å². The van der Waals surface area contributed by atoms with Gasteiger partial charge in [0.15, 0.2) is 5.96 Å². The molecule has 0 aliphatic heterocycles. The molecular formula is C72H114N4O14. The van der Waals surface area contributed by atoms with Crippen LogP contribution in [0.4, 0.5) is 0 Å². The summed E-state index contributed by atoms with van der Waals surface area (Å²) in [4.78, 5) is 14.8. The van der Waals surface area contributed by atoms with Gasteiger partial charge in [0, 0.05) is 49.4 Å². The zero-order valence-electron chi connectivity index (χ0n) is 54.0. The number of rotatable bonds is 50. The Bertz CT molecular complexity index is 2430. The van der Waals surface area contributed by atoms with Gasteiger partial charge in [0.1, 0.15) is 0 Å². The maximum Gasteiger partial charge on any atom is 0.331 e. The molecule has 1 rings (SSSR count). The van der Waals surface area contributed by atoms with E-state index in [1.807, 2.05) is 137 Å². The van der Waals surface area contributed by atoms with Gasteiger partial charge in [-0.25, -0.2) is 4.79 Å². The highest BCUT2D eigenvalue weighted by Gasteiger charge is 2.28. The number of hydrogen-bond acceptors (Lipinski definition) is 15. The molecule has 0 radical (unpaired) electrons. The third-order valence-electron chi connectivity index (χ3n) is 15.6. The summed E-state index contributed by atoms with van der Waals surface area (Å²) in [5, 5.41) is 141. The van der Waals surface area contributed by atoms with Crippen LogP contribution in [0.5, 0.6) is 0 Å². The average Bonchev–Trinajstić information content (AvgIpc) is 2.05. The first-order valence-electron chi connectivity index (χ1n) is 32.1. The first kappa shape index (κ1) is 82.3. The molecule has 506 valence electrons. The maximum atomic E-state index is 11.3. The number of nitrogens with zero attached hydrogens (tertiary/aromatic N) is 1. The monoisotopic (exact) mass is 1260 g/mol. The van der Waals surface area contributed by atoms with Crippen molar-refractivity contribution in [2.45, 2.75) is 223 Å². The van der Waals surface area contributed by atoms with E-state index in [2.05, 4.69) is 10.3 Å². The van der Waals surface area contributed by atoms with Gasteiger partial charge < -0.3 is 83.2 Å². The first-order valence-corrected chi connectivity index (χ1v) is 32.1. The van der Waals surface area contributed by atoms with Gasteiger partial charge in [0.25, 0.3) is 0 Å². The van der Waals surface area contributed by atoms with Crippen LogP contribution in [0.15, 0.2) is 181 Å². The smallest absolute Gasteiger partial charge is 0.331 e. The normalized spacial score (nSPS) is 19.0. The van der Waals surface area contributed by atoms with Crippen LogP contribution in [-0.4, -0.2) is 164 Å². The number of aliphatic hydroxyl groups excluding tert-OH is 12. The van der Waals surface area contributed by atoms with Crippen LogP contribution in [0.1, 0.15) is 143 Å². The van der Waals surface area contributed by atoms with Crippen LogP contribution in [0.3, 0.4) is 0 Å². The van der Waals surface area contributed by atoms with Crippen molar-refractivity contribution in [3.05, 3.63) is 181 Å². The number of benzene rings is 1. The van der Waals surface area contributed by atoms with E-state index >= 15 is 0 Å². The SMILES string of the molecule is CCC(CCCN=C(N)N)CC(O)CC(O)CC(O)CC(O)C/C=C/C(O)CC(O)CC(O)C/C=C/C(O)CC(O)CC(NCc1ccccc1)C(C)C(O)C/C=C/C=C/C=C/C=C/C=C/C=C/C(O)C(C)C(O)C(C)/C=C/CC/C=C/C=C/C=C(\C)C(=O)O. The molecule has 0 saturated heterocycles. The number of nitrogens with one attached hydrogen (secondary N) is 1. The zero-order chi connectivity index (χ0) is 67.1. The number of carboxylic acid groups (broad SMARTS) is 1. The highest BCUT2D eigenvalue weighted by Crippen LogP contribution is 2.24. The van der Waals surface area contributed by atoms with Gasteiger partial charge in [0.05, 0.1) is 73.2 Å². The van der Waals surface area contributed by atoms with Crippen molar-refractivity contribution in [1.29, 1.82) is 0 Å². The lowest BCUT2D eigenvalue weighted by atomic mass is 9.88. The van der Waals surface area contributed by atoms with Gasteiger partial charge in [-0.1, -0.05) is 204 Å². The number of allylic oxidation sites excluding steroid dienone is 16. The molecule has 1 aromatic carbocycles. The lowest BCUT2D eigenvalue weighted by Gasteiger charge is -2.31. The molecule has 0 aromatic heterocycles. The summed E-state index contributed by atoms with van der Waals surface area (Å²) >= 11 is 0. The molecule has 0 spiro atoms. The summed E-state index contributed by atoms with van der Waals surface area (Å²) in [6.45, 7) is 10.2. The van der Waals surface area contributed by atoms with Crippen LogP contribution < -0.4 is 16.8 Å². The fourth-order valence-electron chi connectivity index (χ4n) is 9.97. The second-order valence-electron chi connectivity index (χ2n) is 23.8. The molecule has 90 heavy (non-hydrogen) atoms. The maximum absolute atomic E-state index is 11.3. The van der Waals surface area contributed by atoms with Crippen LogP contribution in [0.25, 0.3) is 0 Å². The van der Waals surface area contributed by atoms with Crippen molar-refractivity contribution in [2.75, 3.05) is 6.54 Å². The summed E-state index contributed by atoms with van der Waals surface area (Å²) in [6, 6.07) is 9.48. The minimum absolute atomic E-state index is 0.0143. The predicted octanol–water partition coefficient (Wildman–Crippen LogP) is 7.68. The van der Waals surface area contributed by atoms with E-state index in [0.29, 0.717) is 25.9 Å². The molecular weight excluding hydrogens is 1140 g/mol. The Morgan fingerprint density at radius 3 is 1.58 bits per heavy atom. The van der Waals surface area contributed by atoms with E-state index in [1.165, 1.54) is 25.2 Å². The van der Waals surface area contributed by atoms with Crippen LogP contribution in [0, 0.1) is 23.7 Å². The second kappa shape index (κ2) is 50.9. The lowest BCUT2D eigenvalue weighted by molar-refractivity contribution is -0.132. The Morgan fingerprint density at radius 2 is 1.02 bits per heavy atom. The van der Waals surface area contributed by atoms with Crippen LogP contribution >= 0.6 is 0 Å². The summed E-state index contributed by atoms with van der Waals surface area (Å²) in [5.74, 6) is -1.48. The number of aliphatic imine (C=N–C) groups is 1. The molecule has 0 aliphatic rings. The third-order valence-corrected chi connectivity index (χ3v) is 15.6. The first-order chi connectivity index (χ1) is 42.9. The fraction of sp³-hybridized carbons (Fsp3) is 0.556. The van der Waals surface area contributed by atoms with E-state index in [4.69, 9.17) is 16.6 Å². The summed E-state index contributed by atoms with van der Waals surface area (Å²) in [6.07, 6.45) is 35.1. The fourth-order valence-corrected chi connectivity index (χ4v) is 9.97. The van der Waals surface area contributed by atoms with Crippen molar-refractivity contribution >= 4 is 11.9 Å². The minimum Gasteiger partial charge on any atom is -0.478 e. The number of guanidine groups is 1. The number of carbonyl (C=O) groups is 1. The van der Waals surface area contributed by atoms with Gasteiger partial charge in [-0.05, 0) is 108 Å². The minimum atomic E-state index is -1.07. The molecule has 0 fully saturated rings. The Balaban J connectivity index is 2.56. The molecule has 17 atom stereocenters. The number of unbranched alkanes of at least 4 members (excludes halogenated alkanes) is 1. The molecule has 0 saturated carbocycles. The largest absolute Gasteiger partial charge is 0.478 e. The van der Waals surface area contributed by atoms with Crippen LogP contribution in [0.2, 0.25) is 0 Å². The number of hydrogen-bond donors (Lipinski definition) is 16. The molecule has 0 bridgehead atoms. The molecule has 18 nitrogen and oxygen atoms in total. The Kier molecular flexibility index (Phi) is 46.6. The molecule has 0 aliphatic carbocycles. The number of aliphatic hydroxyl groups is 12. The molecule has 0 amide bonds. The zero-order valence-corrected chi connectivity index (χ0v) is 54.0. The Labute approximate surface area is 537 Å². The molecule has 1 aromatic rings. The van der Waals surface area contributed by atoms with E-state index in [-0.39, 0.29) is 99.0 Å². The van der Waals surface area contributed by atoms with E-state index in [1.54, 1.807) is 42.5 Å². The number of carboxylic acids is 1. The van der Waals surface area contributed by atoms with Crippen molar-refractivity contribution in [2.24, 2.45) is 40.1 Å². The topological polar surface area (TPSA) is 356 Å². The van der Waals surface area contributed by atoms with Gasteiger partial charge in [0.2, 0.25) is 0 Å². The Hall–Kier alpha value is -5.68. The van der Waals surface area contributed by atoms with Gasteiger partial charge in [-0.2, -0.15) is 0 Å². The number of nitrogens with two attached hydrogens (primary N) is 2. The molecule has 0 heterocycles. The Morgan fingerprint density at radius 1 is 0.533 bits per heavy atom. The van der Waals surface area contributed by atoms with Crippen molar-refractivity contribution < 1.29 is 71.2 Å². The quantitative estimate of drug-likeness (QED) is 0.00742. The highest BCUT2D eigenvalue weighted by atomic mass is 16.4. The van der Waals surface area contributed by atoms with Gasteiger partial charge in [-0.3, -0.25) is 4.99 Å². The van der Waals surface area contributed by atoms with Crippen molar-refractivity contribution in [1.82, 2.24) is 5.32 Å². The lowest BCUT2D eigenvalue weighted by Crippen LogP contribution is -2.42. The summed E-state index contributed by atoms with van der Waals surface area (Å²) < 4.78 is 0. The van der Waals surface area contributed by atoms with Gasteiger partial charge in [-0.15, -0.1) is 0 Å². The molecule has 17 unspecified atom stereocenters. The van der Waals surface area contributed by atoms with E-state index < -0.39 is 79.2 Å². The molecule has 18 heteroatoms. The van der Waals surface area contributed by atoms with E-state index in [9.17, 15) is 66.1 Å². The molecule has 18 N–H and O–H groups in total. The number of aliphatic carboxylic acids is 1.